The lowest BCUT2D eigenvalue weighted by Gasteiger charge is -2.07. The van der Waals surface area contributed by atoms with Gasteiger partial charge in [0.25, 0.3) is 11.5 Å². The first-order valence-corrected chi connectivity index (χ1v) is 12.2. The number of carbonyl (C=O) groups excluding carboxylic acids is 2. The first-order chi connectivity index (χ1) is 17.4. The molecule has 0 saturated heterocycles. The standard InChI is InChI=1S/C25H21ClFN3O5S/c1-2-35-25(33)16-6-3-14(4-7-16)11-34-12-17-13-36-24-20(17)22(31)29-21(30-24)23(32)28-10-15-5-8-19(27)18(26)9-15/h3-9,13H,2,10-12H2,1H3,(H,28,32)(H,29,30,31). The van der Waals surface area contributed by atoms with E-state index in [-0.39, 0.29) is 36.6 Å². The molecule has 0 fully saturated rings. The van der Waals surface area contributed by atoms with Gasteiger partial charge in [-0.1, -0.05) is 29.8 Å². The van der Waals surface area contributed by atoms with E-state index in [1.54, 1.807) is 36.6 Å². The molecule has 0 aliphatic rings. The molecule has 2 aromatic heterocycles. The Kier molecular flexibility index (Phi) is 8.09. The Hall–Kier alpha value is -3.60. The minimum absolute atomic E-state index is 0.0447. The van der Waals surface area contributed by atoms with E-state index >= 15 is 0 Å². The highest BCUT2D eigenvalue weighted by molar-refractivity contribution is 7.16. The summed E-state index contributed by atoms with van der Waals surface area (Å²) in [5, 5.41) is 4.71. The number of aromatic nitrogens is 2. The van der Waals surface area contributed by atoms with Gasteiger partial charge in [0.15, 0.2) is 0 Å². The Labute approximate surface area is 214 Å². The number of rotatable bonds is 9. The summed E-state index contributed by atoms with van der Waals surface area (Å²) in [5.41, 5.74) is 2.12. The number of carbonyl (C=O) groups is 2. The molecule has 0 saturated carbocycles. The van der Waals surface area contributed by atoms with Gasteiger partial charge in [-0.05, 0) is 47.7 Å². The number of H-pyrrole nitrogens is 1. The van der Waals surface area contributed by atoms with Crippen molar-refractivity contribution < 1.29 is 23.5 Å². The van der Waals surface area contributed by atoms with Crippen molar-refractivity contribution in [3.8, 4) is 0 Å². The summed E-state index contributed by atoms with van der Waals surface area (Å²) >= 11 is 6.99. The fourth-order valence-electron chi connectivity index (χ4n) is 3.37. The summed E-state index contributed by atoms with van der Waals surface area (Å²) in [6.07, 6.45) is 0. The van der Waals surface area contributed by atoms with Gasteiger partial charge in [-0.15, -0.1) is 11.3 Å². The van der Waals surface area contributed by atoms with Crippen molar-refractivity contribution >= 4 is 45.0 Å². The lowest BCUT2D eigenvalue weighted by atomic mass is 10.1. The number of aromatic amines is 1. The summed E-state index contributed by atoms with van der Waals surface area (Å²) in [5.74, 6) is -1.63. The number of hydrogen-bond donors (Lipinski definition) is 2. The number of nitrogens with one attached hydrogen (secondary N) is 2. The Bertz CT molecular complexity index is 1470. The van der Waals surface area contributed by atoms with Crippen LogP contribution >= 0.6 is 22.9 Å². The van der Waals surface area contributed by atoms with Crippen molar-refractivity contribution in [1.29, 1.82) is 0 Å². The quantitative estimate of drug-likeness (QED) is 0.307. The van der Waals surface area contributed by atoms with Gasteiger partial charge in [0, 0.05) is 12.1 Å². The zero-order valence-corrected chi connectivity index (χ0v) is 20.7. The summed E-state index contributed by atoms with van der Waals surface area (Å²) in [6.45, 7) is 2.59. The van der Waals surface area contributed by atoms with E-state index in [1.807, 2.05) is 0 Å². The molecule has 0 atom stereocenters. The van der Waals surface area contributed by atoms with Crippen LogP contribution in [0.1, 0.15) is 44.6 Å². The van der Waals surface area contributed by atoms with Crippen LogP contribution in [0.4, 0.5) is 4.39 Å². The minimum Gasteiger partial charge on any atom is -0.462 e. The van der Waals surface area contributed by atoms with Gasteiger partial charge in [0.05, 0.1) is 35.8 Å². The smallest absolute Gasteiger partial charge is 0.338 e. The molecule has 2 aromatic carbocycles. The van der Waals surface area contributed by atoms with Crippen LogP contribution in [-0.4, -0.2) is 28.5 Å². The monoisotopic (exact) mass is 529 g/mol. The van der Waals surface area contributed by atoms with Gasteiger partial charge in [0.1, 0.15) is 10.6 Å². The van der Waals surface area contributed by atoms with Crippen molar-refractivity contribution in [2.24, 2.45) is 0 Å². The van der Waals surface area contributed by atoms with Gasteiger partial charge in [0.2, 0.25) is 5.82 Å². The zero-order chi connectivity index (χ0) is 25.7. The Morgan fingerprint density at radius 1 is 1.14 bits per heavy atom. The van der Waals surface area contributed by atoms with Crippen molar-refractivity contribution in [3.63, 3.8) is 0 Å². The van der Waals surface area contributed by atoms with Crippen LogP contribution in [0.3, 0.4) is 0 Å². The molecule has 0 radical (unpaired) electrons. The van der Waals surface area contributed by atoms with E-state index in [9.17, 15) is 18.8 Å². The normalized spacial score (nSPS) is 11.0. The molecule has 0 unspecified atom stereocenters. The highest BCUT2D eigenvalue weighted by atomic mass is 35.5. The van der Waals surface area contributed by atoms with Gasteiger partial charge < -0.3 is 19.8 Å². The van der Waals surface area contributed by atoms with Crippen LogP contribution in [-0.2, 0) is 29.2 Å². The molecule has 4 aromatic rings. The van der Waals surface area contributed by atoms with Crippen molar-refractivity contribution in [3.05, 3.63) is 97.1 Å². The van der Waals surface area contributed by atoms with Crippen molar-refractivity contribution in [2.45, 2.75) is 26.7 Å². The second-order valence-electron chi connectivity index (χ2n) is 7.70. The van der Waals surface area contributed by atoms with Crippen LogP contribution in [0.15, 0.2) is 52.6 Å². The summed E-state index contributed by atoms with van der Waals surface area (Å²) < 4.78 is 24.0. The number of benzene rings is 2. The maximum absolute atomic E-state index is 13.3. The average molecular weight is 530 g/mol. The topological polar surface area (TPSA) is 110 Å². The molecular formula is C25H21ClFN3O5S. The second-order valence-corrected chi connectivity index (χ2v) is 8.96. The number of thiophene rings is 1. The van der Waals surface area contributed by atoms with E-state index in [0.717, 1.165) is 5.56 Å². The molecule has 0 aliphatic carbocycles. The van der Waals surface area contributed by atoms with Crippen LogP contribution in [0.25, 0.3) is 10.2 Å². The highest BCUT2D eigenvalue weighted by Crippen LogP contribution is 2.22. The minimum atomic E-state index is -0.577. The van der Waals surface area contributed by atoms with Gasteiger partial charge >= 0.3 is 5.97 Å². The van der Waals surface area contributed by atoms with E-state index < -0.39 is 17.3 Å². The zero-order valence-electron chi connectivity index (χ0n) is 19.1. The number of nitrogens with zero attached hydrogens (tertiary/aromatic N) is 1. The molecule has 11 heteroatoms. The molecule has 186 valence electrons. The summed E-state index contributed by atoms with van der Waals surface area (Å²) in [4.78, 5) is 44.1. The molecule has 1 amide bonds. The fraction of sp³-hybridized carbons (Fsp3) is 0.200. The number of amides is 1. The highest BCUT2D eigenvalue weighted by Gasteiger charge is 2.16. The number of hydrogen-bond acceptors (Lipinski definition) is 7. The first kappa shape index (κ1) is 25.5. The van der Waals surface area contributed by atoms with Crippen molar-refractivity contribution in [2.75, 3.05) is 6.61 Å². The van der Waals surface area contributed by atoms with Crippen LogP contribution in [0.2, 0.25) is 5.02 Å². The van der Waals surface area contributed by atoms with Crippen molar-refractivity contribution in [1.82, 2.24) is 15.3 Å². The molecule has 4 rings (SSSR count). The van der Waals surface area contributed by atoms with Gasteiger partial charge in [-0.3, -0.25) is 9.59 Å². The predicted octanol–water partition coefficient (Wildman–Crippen LogP) is 4.60. The molecule has 36 heavy (non-hydrogen) atoms. The first-order valence-electron chi connectivity index (χ1n) is 10.9. The SMILES string of the molecule is CCOC(=O)c1ccc(COCc2csc3nc(C(=O)NCc4ccc(F)c(Cl)c4)[nH]c(=O)c23)cc1. The molecule has 0 spiro atoms. The Balaban J connectivity index is 1.38. The maximum atomic E-state index is 13.3. The maximum Gasteiger partial charge on any atom is 0.338 e. The molecule has 2 heterocycles. The van der Waals surface area contributed by atoms with Gasteiger partial charge in [-0.25, -0.2) is 14.2 Å². The second kappa shape index (κ2) is 11.4. The molecule has 0 bridgehead atoms. The number of esters is 1. The van der Waals surface area contributed by atoms with Crippen LogP contribution in [0, 0.1) is 5.82 Å². The van der Waals surface area contributed by atoms with E-state index in [0.29, 0.717) is 33.5 Å². The van der Waals surface area contributed by atoms with Crippen LogP contribution in [0.5, 0.6) is 0 Å². The molecule has 8 nitrogen and oxygen atoms in total. The number of ether oxygens (including phenoxy) is 2. The largest absolute Gasteiger partial charge is 0.462 e. The Morgan fingerprint density at radius 2 is 1.89 bits per heavy atom. The molecular weight excluding hydrogens is 509 g/mol. The molecule has 0 aliphatic heterocycles. The number of halogens is 2. The Morgan fingerprint density at radius 3 is 2.61 bits per heavy atom. The van der Waals surface area contributed by atoms with E-state index in [4.69, 9.17) is 21.1 Å². The summed E-state index contributed by atoms with van der Waals surface area (Å²) in [7, 11) is 0. The number of fused-ring (bicyclic) bond motifs is 1. The third-order valence-electron chi connectivity index (χ3n) is 5.16. The summed E-state index contributed by atoms with van der Waals surface area (Å²) in [6, 6.07) is 11.0. The average Bonchev–Trinajstić information content (AvgIpc) is 3.28. The van der Waals surface area contributed by atoms with E-state index in [1.165, 1.54) is 29.5 Å². The third kappa shape index (κ3) is 5.96. The lowest BCUT2D eigenvalue weighted by molar-refractivity contribution is 0.0526. The molecule has 2 N–H and O–H groups in total. The fourth-order valence-corrected chi connectivity index (χ4v) is 4.50. The van der Waals surface area contributed by atoms with Gasteiger partial charge in [-0.2, -0.15) is 0 Å². The predicted molar refractivity (Wildman–Crippen MR) is 134 cm³/mol. The van der Waals surface area contributed by atoms with Crippen LogP contribution < -0.4 is 10.9 Å². The van der Waals surface area contributed by atoms with E-state index in [2.05, 4.69) is 15.3 Å². The lowest BCUT2D eigenvalue weighted by Crippen LogP contribution is -2.27. The third-order valence-corrected chi connectivity index (χ3v) is 6.37.